The van der Waals surface area contributed by atoms with Crippen molar-refractivity contribution in [2.45, 2.75) is 20.8 Å². The smallest absolute Gasteiger partial charge is 0.260 e. The van der Waals surface area contributed by atoms with Crippen LogP contribution in [0.4, 0.5) is 5.82 Å². The van der Waals surface area contributed by atoms with Gasteiger partial charge in [-0.2, -0.15) is 9.78 Å². The van der Waals surface area contributed by atoms with Crippen LogP contribution < -0.4 is 10.1 Å². The second-order valence-electron chi connectivity index (χ2n) is 7.08. The molecule has 9 heteroatoms. The Morgan fingerprint density at radius 2 is 1.68 bits per heavy atom. The van der Waals surface area contributed by atoms with Gasteiger partial charge < -0.3 is 14.6 Å². The van der Waals surface area contributed by atoms with Gasteiger partial charge in [0.15, 0.2) is 0 Å². The first-order chi connectivity index (χ1) is 14.9. The zero-order valence-electron chi connectivity index (χ0n) is 17.5. The number of methoxy groups -OCH3 is 1. The van der Waals surface area contributed by atoms with Gasteiger partial charge in [-0.25, -0.2) is 9.97 Å². The lowest BCUT2D eigenvalue weighted by Crippen LogP contribution is -2.17. The van der Waals surface area contributed by atoms with Crippen LogP contribution in [0.1, 0.15) is 27.4 Å². The normalized spacial score (nSPS) is 10.9. The molecular formula is C22H21ClN6O2. The zero-order chi connectivity index (χ0) is 22.1. The predicted molar refractivity (Wildman–Crippen MR) is 119 cm³/mol. The molecule has 0 spiro atoms. The van der Waals surface area contributed by atoms with E-state index >= 15 is 0 Å². The molecule has 4 rings (SSSR count). The summed E-state index contributed by atoms with van der Waals surface area (Å²) in [7, 11) is 1.51. The van der Waals surface area contributed by atoms with Crippen molar-refractivity contribution in [3.05, 3.63) is 76.5 Å². The highest BCUT2D eigenvalue weighted by Gasteiger charge is 2.20. The summed E-state index contributed by atoms with van der Waals surface area (Å²) in [6, 6.07) is 10.7. The van der Waals surface area contributed by atoms with Crippen LogP contribution in [0.5, 0.6) is 5.75 Å². The second-order valence-corrected chi connectivity index (χ2v) is 7.49. The molecule has 0 fully saturated rings. The summed E-state index contributed by atoms with van der Waals surface area (Å²) in [6.45, 7) is 5.59. The molecule has 0 unspecified atom stereocenters. The van der Waals surface area contributed by atoms with Gasteiger partial charge in [-0.1, -0.05) is 11.6 Å². The van der Waals surface area contributed by atoms with Crippen LogP contribution in [0.2, 0.25) is 5.02 Å². The minimum atomic E-state index is -0.386. The first-order valence-corrected chi connectivity index (χ1v) is 9.95. The number of hydrogen-bond acceptors (Lipinski definition) is 5. The number of nitrogens with one attached hydrogen (secondary N) is 1. The standard InChI is InChI=1S/C22H21ClN6O2/c1-13-9-14(2)25-22(24-13)29-20(10-15(3)27-29)26-21(30)16-11-17(23)18(12-19(16)31-4)28-7-5-6-8-28/h5-12H,1-4H3,(H,26,30). The van der Waals surface area contributed by atoms with Crippen LogP contribution >= 0.6 is 11.6 Å². The summed E-state index contributed by atoms with van der Waals surface area (Å²) in [4.78, 5) is 22.0. The number of ether oxygens (including phenoxy) is 1. The van der Waals surface area contributed by atoms with E-state index in [1.165, 1.54) is 11.8 Å². The highest BCUT2D eigenvalue weighted by molar-refractivity contribution is 6.33. The van der Waals surface area contributed by atoms with Crippen LogP contribution in [-0.2, 0) is 0 Å². The van der Waals surface area contributed by atoms with E-state index in [-0.39, 0.29) is 5.91 Å². The van der Waals surface area contributed by atoms with E-state index in [9.17, 15) is 4.79 Å². The topological polar surface area (TPSA) is 86.9 Å². The maximum Gasteiger partial charge on any atom is 0.260 e. The number of hydrogen-bond donors (Lipinski definition) is 1. The number of carbonyl (C=O) groups is 1. The zero-order valence-corrected chi connectivity index (χ0v) is 18.3. The Balaban J connectivity index is 1.70. The van der Waals surface area contributed by atoms with Crippen molar-refractivity contribution in [2.24, 2.45) is 0 Å². The Bertz CT molecular complexity index is 1240. The molecule has 3 aromatic heterocycles. The number of nitrogens with zero attached hydrogens (tertiary/aromatic N) is 5. The van der Waals surface area contributed by atoms with Crippen molar-refractivity contribution in [3.63, 3.8) is 0 Å². The third-order valence-corrected chi connectivity index (χ3v) is 4.93. The Labute approximate surface area is 184 Å². The van der Waals surface area contributed by atoms with E-state index in [4.69, 9.17) is 16.3 Å². The van der Waals surface area contributed by atoms with Crippen molar-refractivity contribution in [1.29, 1.82) is 0 Å². The fraction of sp³-hybridized carbons (Fsp3) is 0.182. The van der Waals surface area contributed by atoms with Gasteiger partial charge in [-0.05, 0) is 45.0 Å². The van der Waals surface area contributed by atoms with Crippen LogP contribution in [0.25, 0.3) is 11.6 Å². The maximum atomic E-state index is 13.1. The molecule has 0 bridgehead atoms. The Morgan fingerprint density at radius 1 is 1.00 bits per heavy atom. The summed E-state index contributed by atoms with van der Waals surface area (Å²) in [5.74, 6) is 0.841. The van der Waals surface area contributed by atoms with Crippen molar-refractivity contribution in [3.8, 4) is 17.4 Å². The molecule has 158 valence electrons. The number of anilines is 1. The maximum absolute atomic E-state index is 13.1. The molecule has 0 saturated carbocycles. The highest BCUT2D eigenvalue weighted by atomic mass is 35.5. The summed E-state index contributed by atoms with van der Waals surface area (Å²) in [5.41, 5.74) is 3.34. The monoisotopic (exact) mass is 436 g/mol. The third-order valence-electron chi connectivity index (χ3n) is 4.63. The van der Waals surface area contributed by atoms with Crippen LogP contribution in [-0.4, -0.2) is 37.3 Å². The average Bonchev–Trinajstić information content (AvgIpc) is 3.37. The molecule has 0 aliphatic rings. The molecule has 0 aliphatic heterocycles. The number of benzene rings is 1. The lowest BCUT2D eigenvalue weighted by Gasteiger charge is -2.14. The van der Waals surface area contributed by atoms with Gasteiger partial charge in [0.05, 0.1) is 29.1 Å². The van der Waals surface area contributed by atoms with Gasteiger partial charge in [-0.15, -0.1) is 0 Å². The first kappa shape index (κ1) is 20.6. The fourth-order valence-electron chi connectivity index (χ4n) is 3.31. The predicted octanol–water partition coefficient (Wildman–Crippen LogP) is 4.29. The van der Waals surface area contributed by atoms with Gasteiger partial charge in [0.2, 0.25) is 0 Å². The fourth-order valence-corrected chi connectivity index (χ4v) is 3.57. The number of amides is 1. The van der Waals surface area contributed by atoms with E-state index in [1.54, 1.807) is 18.2 Å². The van der Waals surface area contributed by atoms with Crippen molar-refractivity contribution in [2.75, 3.05) is 12.4 Å². The number of rotatable bonds is 5. The van der Waals surface area contributed by atoms with Gasteiger partial charge in [0, 0.05) is 35.9 Å². The largest absolute Gasteiger partial charge is 0.496 e. The van der Waals surface area contributed by atoms with E-state index < -0.39 is 0 Å². The van der Waals surface area contributed by atoms with Gasteiger partial charge in [-0.3, -0.25) is 4.79 Å². The number of aromatic nitrogens is 5. The lowest BCUT2D eigenvalue weighted by atomic mass is 10.1. The van der Waals surface area contributed by atoms with Crippen molar-refractivity contribution >= 4 is 23.3 Å². The van der Waals surface area contributed by atoms with Gasteiger partial charge in [0.25, 0.3) is 11.9 Å². The lowest BCUT2D eigenvalue weighted by molar-refractivity contribution is 0.102. The Hall–Kier alpha value is -3.65. The molecule has 3 heterocycles. The molecule has 4 aromatic rings. The molecule has 0 saturated heterocycles. The van der Waals surface area contributed by atoms with E-state index in [1.807, 2.05) is 55.9 Å². The molecule has 1 amide bonds. The molecule has 0 atom stereocenters. The number of aryl methyl sites for hydroxylation is 3. The van der Waals surface area contributed by atoms with E-state index in [0.717, 1.165) is 11.4 Å². The summed E-state index contributed by atoms with van der Waals surface area (Å²) in [6.07, 6.45) is 3.73. The number of halogens is 1. The van der Waals surface area contributed by atoms with Crippen molar-refractivity contribution in [1.82, 2.24) is 24.3 Å². The average molecular weight is 437 g/mol. The Morgan fingerprint density at radius 3 is 2.32 bits per heavy atom. The summed E-state index contributed by atoms with van der Waals surface area (Å²) in [5, 5.41) is 7.73. The van der Waals surface area contributed by atoms with E-state index in [0.29, 0.717) is 39.5 Å². The molecule has 31 heavy (non-hydrogen) atoms. The van der Waals surface area contributed by atoms with Crippen LogP contribution in [0.15, 0.2) is 48.8 Å². The second kappa shape index (κ2) is 8.23. The minimum absolute atomic E-state index is 0.301. The minimum Gasteiger partial charge on any atom is -0.496 e. The van der Waals surface area contributed by atoms with Gasteiger partial charge in [0.1, 0.15) is 11.6 Å². The number of carbonyl (C=O) groups excluding carboxylic acids is 1. The molecule has 0 radical (unpaired) electrons. The first-order valence-electron chi connectivity index (χ1n) is 9.57. The van der Waals surface area contributed by atoms with Crippen LogP contribution in [0, 0.1) is 20.8 Å². The van der Waals surface area contributed by atoms with Crippen molar-refractivity contribution < 1.29 is 9.53 Å². The SMILES string of the molecule is COc1cc(-n2cccc2)c(Cl)cc1C(=O)Nc1cc(C)nn1-c1nc(C)cc(C)n1. The third kappa shape index (κ3) is 4.15. The summed E-state index contributed by atoms with van der Waals surface area (Å²) < 4.78 is 8.83. The van der Waals surface area contributed by atoms with E-state index in [2.05, 4.69) is 20.4 Å². The molecule has 0 aliphatic carbocycles. The van der Waals surface area contributed by atoms with Gasteiger partial charge >= 0.3 is 0 Å². The molecule has 1 N–H and O–H groups in total. The highest BCUT2D eigenvalue weighted by Crippen LogP contribution is 2.30. The molecular weight excluding hydrogens is 416 g/mol. The summed E-state index contributed by atoms with van der Waals surface area (Å²) >= 11 is 6.47. The molecule has 8 nitrogen and oxygen atoms in total. The van der Waals surface area contributed by atoms with Crippen LogP contribution in [0.3, 0.4) is 0 Å². The quantitative estimate of drug-likeness (QED) is 0.504. The Kier molecular flexibility index (Phi) is 5.48. The molecule has 1 aromatic carbocycles.